The van der Waals surface area contributed by atoms with Gasteiger partial charge in [-0.25, -0.2) is 0 Å². The molecule has 3 aromatic rings. The number of nitrogens with zero attached hydrogens (tertiary/aromatic N) is 3. The smallest absolute Gasteiger partial charge is 0.264 e. The third-order valence-corrected chi connectivity index (χ3v) is 5.69. The highest BCUT2D eigenvalue weighted by molar-refractivity contribution is 7.20. The van der Waals surface area contributed by atoms with Crippen LogP contribution in [0.5, 0.6) is 0 Å². The summed E-state index contributed by atoms with van der Waals surface area (Å²) in [7, 11) is 1.94. The zero-order chi connectivity index (χ0) is 18.7. The second-order valence-corrected chi connectivity index (χ2v) is 7.84. The van der Waals surface area contributed by atoms with Crippen LogP contribution in [0.2, 0.25) is 0 Å². The second kappa shape index (κ2) is 8.01. The predicted octanol–water partition coefficient (Wildman–Crippen LogP) is 3.40. The van der Waals surface area contributed by atoms with Crippen molar-refractivity contribution in [2.24, 2.45) is 12.8 Å². The van der Waals surface area contributed by atoms with Gasteiger partial charge < -0.3 is 10.6 Å². The van der Waals surface area contributed by atoms with Crippen LogP contribution in [0.1, 0.15) is 40.7 Å². The molecule has 0 unspecified atom stereocenters. The molecule has 2 N–H and O–H groups in total. The SMILES string of the molecule is CC(C)c1nn(C)c2sc(C(=O)N(CCN)CCc3ccccc3)cc12. The van der Waals surface area contributed by atoms with E-state index in [0.717, 1.165) is 27.2 Å². The lowest BCUT2D eigenvalue weighted by atomic mass is 10.1. The zero-order valence-electron chi connectivity index (χ0n) is 15.6. The van der Waals surface area contributed by atoms with Crippen molar-refractivity contribution in [3.05, 3.63) is 52.5 Å². The fourth-order valence-electron chi connectivity index (χ4n) is 3.13. The Hall–Kier alpha value is -2.18. The first-order valence-corrected chi connectivity index (χ1v) is 9.82. The minimum absolute atomic E-state index is 0.0577. The van der Waals surface area contributed by atoms with Crippen molar-refractivity contribution in [1.82, 2.24) is 14.7 Å². The van der Waals surface area contributed by atoms with Crippen LogP contribution < -0.4 is 5.73 Å². The molecule has 1 amide bonds. The van der Waals surface area contributed by atoms with Crippen molar-refractivity contribution in [2.75, 3.05) is 19.6 Å². The van der Waals surface area contributed by atoms with Crippen molar-refractivity contribution in [2.45, 2.75) is 26.2 Å². The summed E-state index contributed by atoms with van der Waals surface area (Å²) in [6.45, 7) is 5.95. The molecule has 0 saturated heterocycles. The summed E-state index contributed by atoms with van der Waals surface area (Å²) in [5.41, 5.74) is 8.03. The minimum Gasteiger partial charge on any atom is -0.336 e. The fourth-order valence-corrected chi connectivity index (χ4v) is 4.18. The summed E-state index contributed by atoms with van der Waals surface area (Å²) in [5, 5.41) is 5.68. The number of rotatable bonds is 7. The molecule has 6 heteroatoms. The van der Waals surface area contributed by atoms with Gasteiger partial charge in [0.25, 0.3) is 5.91 Å². The first kappa shape index (κ1) is 18.6. The number of fused-ring (bicyclic) bond motifs is 1. The first-order chi connectivity index (χ1) is 12.5. The lowest BCUT2D eigenvalue weighted by molar-refractivity contribution is 0.0767. The van der Waals surface area contributed by atoms with Crippen molar-refractivity contribution in [3.63, 3.8) is 0 Å². The Bertz CT molecular complexity index is 882. The Morgan fingerprint density at radius 3 is 2.65 bits per heavy atom. The highest BCUT2D eigenvalue weighted by atomic mass is 32.1. The summed E-state index contributed by atoms with van der Waals surface area (Å²) in [6.07, 6.45) is 0.830. The van der Waals surface area contributed by atoms with Gasteiger partial charge in [0.05, 0.1) is 10.6 Å². The zero-order valence-corrected chi connectivity index (χ0v) is 16.4. The van der Waals surface area contributed by atoms with Gasteiger partial charge in [0.1, 0.15) is 4.83 Å². The van der Waals surface area contributed by atoms with Crippen LogP contribution in [0.3, 0.4) is 0 Å². The number of benzene rings is 1. The molecule has 138 valence electrons. The van der Waals surface area contributed by atoms with Gasteiger partial charge in [-0.3, -0.25) is 9.48 Å². The first-order valence-electron chi connectivity index (χ1n) is 9.01. The van der Waals surface area contributed by atoms with Crippen LogP contribution >= 0.6 is 11.3 Å². The van der Waals surface area contributed by atoms with Gasteiger partial charge in [0, 0.05) is 32.1 Å². The van der Waals surface area contributed by atoms with E-state index in [9.17, 15) is 4.79 Å². The summed E-state index contributed by atoms with van der Waals surface area (Å²) >= 11 is 1.51. The summed E-state index contributed by atoms with van der Waals surface area (Å²) in [6, 6.07) is 12.2. The van der Waals surface area contributed by atoms with E-state index in [1.165, 1.54) is 16.9 Å². The van der Waals surface area contributed by atoms with Gasteiger partial charge >= 0.3 is 0 Å². The summed E-state index contributed by atoms with van der Waals surface area (Å²) in [5.74, 6) is 0.386. The Morgan fingerprint density at radius 1 is 1.27 bits per heavy atom. The number of hydrogen-bond donors (Lipinski definition) is 1. The molecule has 0 atom stereocenters. The van der Waals surface area contributed by atoms with Gasteiger partial charge in [-0.05, 0) is 24.0 Å². The standard InChI is InChI=1S/C20H26N4OS/c1-14(2)18-16-13-17(26-20(16)23(3)22-18)19(25)24(12-10-21)11-9-15-7-5-4-6-8-15/h4-8,13-14H,9-12,21H2,1-3H3. The number of thiophene rings is 1. The molecule has 0 spiro atoms. The molecule has 0 aliphatic carbocycles. The van der Waals surface area contributed by atoms with Crippen molar-refractivity contribution in [3.8, 4) is 0 Å². The Labute approximate surface area is 158 Å². The number of carbonyl (C=O) groups is 1. The molecule has 0 bridgehead atoms. The van der Waals surface area contributed by atoms with E-state index in [0.29, 0.717) is 25.6 Å². The molecular formula is C20H26N4OS. The maximum atomic E-state index is 13.1. The van der Waals surface area contributed by atoms with E-state index in [1.54, 1.807) is 0 Å². The Kier molecular flexibility index (Phi) is 5.74. The number of aromatic nitrogens is 2. The van der Waals surface area contributed by atoms with Crippen LogP contribution in [0, 0.1) is 0 Å². The van der Waals surface area contributed by atoms with Crippen LogP contribution in [-0.2, 0) is 13.5 Å². The maximum Gasteiger partial charge on any atom is 0.264 e. The van der Waals surface area contributed by atoms with E-state index < -0.39 is 0 Å². The van der Waals surface area contributed by atoms with E-state index in [2.05, 4.69) is 31.1 Å². The molecule has 2 heterocycles. The third kappa shape index (κ3) is 3.81. The van der Waals surface area contributed by atoms with Gasteiger partial charge in [-0.2, -0.15) is 5.10 Å². The van der Waals surface area contributed by atoms with Crippen molar-refractivity contribution >= 4 is 27.5 Å². The minimum atomic E-state index is 0.0577. The lowest BCUT2D eigenvalue weighted by Crippen LogP contribution is -2.36. The molecule has 0 aliphatic rings. The highest BCUT2D eigenvalue weighted by Gasteiger charge is 2.21. The van der Waals surface area contributed by atoms with Gasteiger partial charge in [-0.15, -0.1) is 11.3 Å². The molecule has 0 aliphatic heterocycles. The summed E-state index contributed by atoms with van der Waals surface area (Å²) < 4.78 is 1.88. The Balaban J connectivity index is 1.82. The second-order valence-electron chi connectivity index (χ2n) is 6.81. The average molecular weight is 371 g/mol. The van der Waals surface area contributed by atoms with Crippen LogP contribution in [0.15, 0.2) is 36.4 Å². The van der Waals surface area contributed by atoms with E-state index in [-0.39, 0.29) is 5.91 Å². The van der Waals surface area contributed by atoms with Gasteiger partial charge in [0.15, 0.2) is 0 Å². The normalized spacial score (nSPS) is 11.4. The maximum absolute atomic E-state index is 13.1. The number of carbonyl (C=O) groups excluding carboxylic acids is 1. The lowest BCUT2D eigenvalue weighted by Gasteiger charge is -2.21. The fraction of sp³-hybridized carbons (Fsp3) is 0.400. The number of aryl methyl sites for hydroxylation is 1. The van der Waals surface area contributed by atoms with Crippen LogP contribution in [-0.4, -0.2) is 40.2 Å². The summed E-state index contributed by atoms with van der Waals surface area (Å²) in [4.78, 5) is 16.7. The van der Waals surface area contributed by atoms with Gasteiger partial charge in [-0.1, -0.05) is 44.2 Å². The number of nitrogens with two attached hydrogens (primary N) is 1. The predicted molar refractivity (Wildman–Crippen MR) is 108 cm³/mol. The molecule has 5 nitrogen and oxygen atoms in total. The molecule has 2 aromatic heterocycles. The topological polar surface area (TPSA) is 64.2 Å². The van der Waals surface area contributed by atoms with Gasteiger partial charge in [0.2, 0.25) is 0 Å². The molecule has 3 rings (SSSR count). The quantitative estimate of drug-likeness (QED) is 0.693. The molecular weight excluding hydrogens is 344 g/mol. The molecule has 1 aromatic carbocycles. The number of amides is 1. The van der Waals surface area contributed by atoms with Crippen molar-refractivity contribution < 1.29 is 4.79 Å². The largest absolute Gasteiger partial charge is 0.336 e. The van der Waals surface area contributed by atoms with Crippen LogP contribution in [0.25, 0.3) is 10.2 Å². The third-order valence-electron chi connectivity index (χ3n) is 4.50. The van der Waals surface area contributed by atoms with E-state index >= 15 is 0 Å². The van der Waals surface area contributed by atoms with Crippen LogP contribution in [0.4, 0.5) is 0 Å². The highest BCUT2D eigenvalue weighted by Crippen LogP contribution is 2.32. The monoisotopic (exact) mass is 370 g/mol. The van der Waals surface area contributed by atoms with E-state index in [1.807, 2.05) is 40.9 Å². The Morgan fingerprint density at radius 2 is 2.00 bits per heavy atom. The van der Waals surface area contributed by atoms with Crippen molar-refractivity contribution in [1.29, 1.82) is 0 Å². The molecule has 0 fully saturated rings. The molecule has 0 radical (unpaired) electrons. The average Bonchev–Trinajstić information content (AvgIpc) is 3.19. The molecule has 0 saturated carbocycles. The van der Waals surface area contributed by atoms with E-state index in [4.69, 9.17) is 5.73 Å². The number of hydrogen-bond acceptors (Lipinski definition) is 4. The molecule has 26 heavy (non-hydrogen) atoms.